The third kappa shape index (κ3) is 5.96. The van der Waals surface area contributed by atoms with Crippen molar-refractivity contribution in [1.29, 1.82) is 0 Å². The number of rotatable bonds is 7. The van der Waals surface area contributed by atoms with Crippen LogP contribution in [0.4, 0.5) is 0 Å². The molecule has 0 aromatic heterocycles. The van der Waals surface area contributed by atoms with E-state index >= 15 is 0 Å². The van der Waals surface area contributed by atoms with Gasteiger partial charge in [0.2, 0.25) is 5.91 Å². The first-order valence-corrected chi connectivity index (χ1v) is 12.1. The zero-order chi connectivity index (χ0) is 23.2. The fourth-order valence-electron chi connectivity index (χ4n) is 3.49. The van der Waals surface area contributed by atoms with E-state index in [1.165, 1.54) is 11.8 Å². The first kappa shape index (κ1) is 23.4. The van der Waals surface area contributed by atoms with E-state index in [1.807, 2.05) is 35.2 Å². The Hall–Kier alpha value is -2.80. The molecule has 3 aromatic rings. The van der Waals surface area contributed by atoms with Crippen LogP contribution >= 0.6 is 35.0 Å². The van der Waals surface area contributed by atoms with E-state index in [4.69, 9.17) is 23.2 Å². The summed E-state index contributed by atoms with van der Waals surface area (Å²) in [5.41, 5.74) is 5.91. The molecule has 1 atom stereocenters. The third-order valence-corrected chi connectivity index (χ3v) is 7.23. The minimum absolute atomic E-state index is 0.0500. The van der Waals surface area contributed by atoms with Crippen LogP contribution < -0.4 is 5.43 Å². The van der Waals surface area contributed by atoms with Gasteiger partial charge >= 0.3 is 0 Å². The highest BCUT2D eigenvalue weighted by Gasteiger charge is 2.32. The lowest BCUT2D eigenvalue weighted by atomic mass is 10.1. The van der Waals surface area contributed by atoms with Crippen molar-refractivity contribution in [2.24, 2.45) is 5.10 Å². The van der Waals surface area contributed by atoms with Crippen molar-refractivity contribution in [3.63, 3.8) is 0 Å². The molecule has 1 aliphatic heterocycles. The number of hydrazone groups is 1. The maximum absolute atomic E-state index is 12.4. The molecule has 3 aromatic carbocycles. The summed E-state index contributed by atoms with van der Waals surface area (Å²) < 4.78 is 0. The fourth-order valence-corrected chi connectivity index (χ4v) is 5.01. The summed E-state index contributed by atoms with van der Waals surface area (Å²) in [7, 11) is 0. The summed E-state index contributed by atoms with van der Waals surface area (Å²) in [5, 5.41) is 4.81. The number of benzene rings is 3. The molecule has 0 saturated carbocycles. The molecule has 0 radical (unpaired) electrons. The average Bonchev–Trinajstić information content (AvgIpc) is 3.21. The van der Waals surface area contributed by atoms with E-state index in [0.717, 1.165) is 17.5 Å². The van der Waals surface area contributed by atoms with Crippen molar-refractivity contribution in [2.45, 2.75) is 11.8 Å². The lowest BCUT2D eigenvalue weighted by molar-refractivity contribution is -0.128. The van der Waals surface area contributed by atoms with E-state index in [9.17, 15) is 9.59 Å². The number of carbonyl (C=O) groups is 2. The number of nitrogens with one attached hydrogen (secondary N) is 1. The molecule has 1 heterocycles. The summed E-state index contributed by atoms with van der Waals surface area (Å²) >= 11 is 13.5. The van der Waals surface area contributed by atoms with Gasteiger partial charge in [0.1, 0.15) is 5.37 Å². The Labute approximate surface area is 206 Å². The van der Waals surface area contributed by atoms with Gasteiger partial charge in [0.05, 0.1) is 22.0 Å². The monoisotopic (exact) mass is 497 g/mol. The van der Waals surface area contributed by atoms with Crippen molar-refractivity contribution in [1.82, 2.24) is 10.3 Å². The summed E-state index contributed by atoms with van der Waals surface area (Å²) in [6, 6.07) is 22.5. The number of amides is 2. The molecule has 0 bridgehead atoms. The zero-order valence-corrected chi connectivity index (χ0v) is 19.9. The molecule has 5 nitrogen and oxygen atoms in total. The minimum atomic E-state index is -0.325. The molecule has 168 valence electrons. The molecular weight excluding hydrogens is 477 g/mol. The number of hydrogen-bond donors (Lipinski definition) is 1. The van der Waals surface area contributed by atoms with Crippen LogP contribution in [0.3, 0.4) is 0 Å². The van der Waals surface area contributed by atoms with Gasteiger partial charge in [-0.15, -0.1) is 11.8 Å². The van der Waals surface area contributed by atoms with Crippen LogP contribution in [0.5, 0.6) is 0 Å². The predicted octanol–water partition coefficient (Wildman–Crippen LogP) is 5.57. The molecule has 4 rings (SSSR count). The van der Waals surface area contributed by atoms with Gasteiger partial charge < -0.3 is 4.90 Å². The molecule has 0 unspecified atom stereocenters. The molecule has 1 fully saturated rings. The molecule has 8 heteroatoms. The SMILES string of the molecule is O=C(N/N=C\c1ccc(Cl)c(Cl)c1)c1ccc([C@@H]2SCC(=O)N2CCc2ccccc2)cc1. The molecular formula is C25H21Cl2N3O2S. The highest BCUT2D eigenvalue weighted by molar-refractivity contribution is 8.00. The second-order valence-corrected chi connectivity index (χ2v) is 9.36. The quantitative estimate of drug-likeness (QED) is 0.342. The van der Waals surface area contributed by atoms with Crippen LogP contribution in [0.2, 0.25) is 10.0 Å². The lowest BCUT2D eigenvalue weighted by Gasteiger charge is -2.24. The molecule has 2 amide bonds. The number of thioether (sulfide) groups is 1. The average molecular weight is 498 g/mol. The first-order chi connectivity index (χ1) is 16.0. The standard InChI is InChI=1S/C25H21Cl2N3O2S/c26-21-11-6-18(14-22(21)27)15-28-29-24(32)19-7-9-20(10-8-19)25-30(23(31)16-33-25)13-12-17-4-2-1-3-5-17/h1-11,14-15,25H,12-13,16H2,(H,29,32)/b28-15-/t25-/m0/s1. The van der Waals surface area contributed by atoms with Crippen LogP contribution in [0.25, 0.3) is 0 Å². The Balaban J connectivity index is 1.37. The molecule has 0 spiro atoms. The molecule has 0 aliphatic carbocycles. The summed E-state index contributed by atoms with van der Waals surface area (Å²) in [4.78, 5) is 26.8. The predicted molar refractivity (Wildman–Crippen MR) is 135 cm³/mol. The smallest absolute Gasteiger partial charge is 0.271 e. The van der Waals surface area contributed by atoms with Crippen molar-refractivity contribution in [2.75, 3.05) is 12.3 Å². The van der Waals surface area contributed by atoms with Crippen molar-refractivity contribution in [3.8, 4) is 0 Å². The molecule has 33 heavy (non-hydrogen) atoms. The van der Waals surface area contributed by atoms with Crippen LogP contribution in [0.15, 0.2) is 77.9 Å². The topological polar surface area (TPSA) is 61.8 Å². The maximum atomic E-state index is 12.4. The third-order valence-electron chi connectivity index (χ3n) is 5.23. The largest absolute Gasteiger partial charge is 0.326 e. The Morgan fingerprint density at radius 2 is 1.82 bits per heavy atom. The molecule has 1 aliphatic rings. The normalized spacial score (nSPS) is 15.9. The number of carbonyl (C=O) groups excluding carboxylic acids is 2. The van der Waals surface area contributed by atoms with E-state index in [-0.39, 0.29) is 17.2 Å². The van der Waals surface area contributed by atoms with E-state index in [0.29, 0.717) is 27.9 Å². The van der Waals surface area contributed by atoms with Crippen molar-refractivity contribution in [3.05, 3.63) is 105 Å². The minimum Gasteiger partial charge on any atom is -0.326 e. The number of hydrogen-bond acceptors (Lipinski definition) is 4. The van der Waals surface area contributed by atoms with Gasteiger partial charge in [-0.2, -0.15) is 5.10 Å². The van der Waals surface area contributed by atoms with Gasteiger partial charge in [-0.05, 0) is 47.4 Å². The maximum Gasteiger partial charge on any atom is 0.271 e. The van der Waals surface area contributed by atoms with Crippen LogP contribution in [-0.4, -0.2) is 35.2 Å². The number of halogens is 2. The Morgan fingerprint density at radius 3 is 2.55 bits per heavy atom. The summed E-state index contributed by atoms with van der Waals surface area (Å²) in [6.07, 6.45) is 2.31. The Morgan fingerprint density at radius 1 is 1.06 bits per heavy atom. The van der Waals surface area contributed by atoms with Gasteiger partial charge in [-0.25, -0.2) is 5.43 Å². The van der Waals surface area contributed by atoms with Crippen LogP contribution in [0, 0.1) is 0 Å². The molecule has 1 N–H and O–H groups in total. The molecule has 1 saturated heterocycles. The summed E-state index contributed by atoms with van der Waals surface area (Å²) in [6.45, 7) is 0.659. The van der Waals surface area contributed by atoms with Crippen LogP contribution in [0.1, 0.15) is 32.4 Å². The van der Waals surface area contributed by atoms with Crippen molar-refractivity contribution >= 4 is 53.0 Å². The Kier molecular flexibility index (Phi) is 7.70. The zero-order valence-electron chi connectivity index (χ0n) is 17.6. The fraction of sp³-hybridized carbons (Fsp3) is 0.160. The lowest BCUT2D eigenvalue weighted by Crippen LogP contribution is -2.30. The van der Waals surface area contributed by atoms with Gasteiger partial charge in [0.25, 0.3) is 5.91 Å². The Bertz CT molecular complexity index is 1170. The highest BCUT2D eigenvalue weighted by Crippen LogP contribution is 2.38. The van der Waals surface area contributed by atoms with Gasteiger partial charge in [-0.3, -0.25) is 9.59 Å². The van der Waals surface area contributed by atoms with E-state index < -0.39 is 0 Å². The first-order valence-electron chi connectivity index (χ1n) is 10.3. The highest BCUT2D eigenvalue weighted by atomic mass is 35.5. The van der Waals surface area contributed by atoms with Crippen molar-refractivity contribution < 1.29 is 9.59 Å². The number of nitrogens with zero attached hydrogens (tertiary/aromatic N) is 2. The summed E-state index contributed by atoms with van der Waals surface area (Å²) in [5.74, 6) is 0.277. The van der Waals surface area contributed by atoms with Gasteiger partial charge in [0, 0.05) is 12.1 Å². The second kappa shape index (κ2) is 10.9. The van der Waals surface area contributed by atoms with E-state index in [1.54, 1.807) is 42.1 Å². The van der Waals surface area contributed by atoms with Gasteiger partial charge in [0.15, 0.2) is 0 Å². The van der Waals surface area contributed by atoms with E-state index in [2.05, 4.69) is 22.7 Å². The van der Waals surface area contributed by atoms with Crippen LogP contribution in [-0.2, 0) is 11.2 Å². The van der Waals surface area contributed by atoms with Gasteiger partial charge in [-0.1, -0.05) is 71.7 Å². The second-order valence-electron chi connectivity index (χ2n) is 7.48.